The molecule has 0 aliphatic heterocycles. The Morgan fingerprint density at radius 1 is 1.26 bits per heavy atom. The standard InChI is InChI=1S/C17H27NO/c1-13-8-9-16(17(19)12-13)14(2)18-11-10-15-6-4-3-5-7-15/h8-9,12,14-15,18-19H,3-7,10-11H2,1-2H3. The molecule has 1 aromatic rings. The van der Waals surface area contributed by atoms with Crippen LogP contribution in [0.2, 0.25) is 0 Å². The zero-order valence-electron chi connectivity index (χ0n) is 12.3. The number of phenols is 1. The molecule has 0 heterocycles. The first kappa shape index (κ1) is 14.4. The normalized spacial score (nSPS) is 18.4. The number of nitrogens with one attached hydrogen (secondary N) is 1. The zero-order valence-corrected chi connectivity index (χ0v) is 12.3. The molecule has 19 heavy (non-hydrogen) atoms. The van der Waals surface area contributed by atoms with Gasteiger partial charge in [0.2, 0.25) is 0 Å². The molecule has 1 aromatic carbocycles. The molecule has 1 fully saturated rings. The average Bonchev–Trinajstić information content (AvgIpc) is 2.39. The molecule has 2 N–H and O–H groups in total. The molecular formula is C17H27NO. The van der Waals surface area contributed by atoms with E-state index in [0.717, 1.165) is 23.6 Å². The second kappa shape index (κ2) is 6.95. The van der Waals surface area contributed by atoms with Crippen molar-refractivity contribution in [3.8, 4) is 5.75 Å². The summed E-state index contributed by atoms with van der Waals surface area (Å²) in [5.41, 5.74) is 2.12. The van der Waals surface area contributed by atoms with Gasteiger partial charge in [0.15, 0.2) is 0 Å². The van der Waals surface area contributed by atoms with Crippen molar-refractivity contribution in [2.45, 2.75) is 58.4 Å². The van der Waals surface area contributed by atoms with Crippen LogP contribution in [-0.2, 0) is 0 Å². The van der Waals surface area contributed by atoms with Gasteiger partial charge in [0.1, 0.15) is 5.75 Å². The number of aryl methyl sites for hydroxylation is 1. The molecule has 1 unspecified atom stereocenters. The first-order valence-electron chi connectivity index (χ1n) is 7.69. The molecule has 106 valence electrons. The summed E-state index contributed by atoms with van der Waals surface area (Å²) in [5, 5.41) is 13.5. The molecule has 0 spiro atoms. The van der Waals surface area contributed by atoms with Crippen molar-refractivity contribution in [2.24, 2.45) is 5.92 Å². The van der Waals surface area contributed by atoms with Crippen molar-refractivity contribution in [3.63, 3.8) is 0 Å². The van der Waals surface area contributed by atoms with Crippen LogP contribution in [0, 0.1) is 12.8 Å². The van der Waals surface area contributed by atoms with Gasteiger partial charge in [-0.25, -0.2) is 0 Å². The van der Waals surface area contributed by atoms with Gasteiger partial charge < -0.3 is 10.4 Å². The first-order chi connectivity index (χ1) is 9.16. The quantitative estimate of drug-likeness (QED) is 0.827. The SMILES string of the molecule is Cc1ccc(C(C)NCCC2CCCCC2)c(O)c1. The maximum absolute atomic E-state index is 9.97. The van der Waals surface area contributed by atoms with Gasteiger partial charge in [0, 0.05) is 11.6 Å². The van der Waals surface area contributed by atoms with Crippen molar-refractivity contribution >= 4 is 0 Å². The summed E-state index contributed by atoms with van der Waals surface area (Å²) in [7, 11) is 0. The van der Waals surface area contributed by atoms with E-state index in [0.29, 0.717) is 5.75 Å². The minimum atomic E-state index is 0.226. The van der Waals surface area contributed by atoms with Crippen LogP contribution in [-0.4, -0.2) is 11.7 Å². The van der Waals surface area contributed by atoms with E-state index < -0.39 is 0 Å². The highest BCUT2D eigenvalue weighted by atomic mass is 16.3. The lowest BCUT2D eigenvalue weighted by molar-refractivity contribution is 0.328. The van der Waals surface area contributed by atoms with Gasteiger partial charge in [-0.15, -0.1) is 0 Å². The van der Waals surface area contributed by atoms with Crippen LogP contribution in [0.5, 0.6) is 5.75 Å². The van der Waals surface area contributed by atoms with Gasteiger partial charge in [-0.1, -0.05) is 44.2 Å². The van der Waals surface area contributed by atoms with Crippen molar-refractivity contribution < 1.29 is 5.11 Å². The molecule has 2 heteroatoms. The molecule has 0 radical (unpaired) electrons. The molecule has 1 aliphatic carbocycles. The number of benzene rings is 1. The maximum Gasteiger partial charge on any atom is 0.120 e. The Labute approximate surface area is 117 Å². The molecule has 0 saturated heterocycles. The smallest absolute Gasteiger partial charge is 0.120 e. The zero-order chi connectivity index (χ0) is 13.7. The van der Waals surface area contributed by atoms with Gasteiger partial charge >= 0.3 is 0 Å². The second-order valence-electron chi connectivity index (χ2n) is 6.03. The van der Waals surface area contributed by atoms with Crippen molar-refractivity contribution in [3.05, 3.63) is 29.3 Å². The second-order valence-corrected chi connectivity index (χ2v) is 6.03. The fourth-order valence-electron chi connectivity index (χ4n) is 3.11. The van der Waals surface area contributed by atoms with Gasteiger partial charge in [0.25, 0.3) is 0 Å². The monoisotopic (exact) mass is 261 g/mol. The van der Waals surface area contributed by atoms with Gasteiger partial charge in [-0.05, 0) is 44.4 Å². The van der Waals surface area contributed by atoms with Crippen LogP contribution in [0.15, 0.2) is 18.2 Å². The highest BCUT2D eigenvalue weighted by molar-refractivity contribution is 5.37. The maximum atomic E-state index is 9.97. The van der Waals surface area contributed by atoms with Gasteiger partial charge in [0.05, 0.1) is 0 Å². The lowest BCUT2D eigenvalue weighted by Gasteiger charge is -2.23. The van der Waals surface area contributed by atoms with Crippen LogP contribution in [0.1, 0.15) is 62.6 Å². The molecule has 0 amide bonds. The van der Waals surface area contributed by atoms with Crippen LogP contribution < -0.4 is 5.32 Å². The van der Waals surface area contributed by atoms with Crippen LogP contribution in [0.25, 0.3) is 0 Å². The molecule has 2 rings (SSSR count). The summed E-state index contributed by atoms with van der Waals surface area (Å²) >= 11 is 0. The predicted molar refractivity (Wildman–Crippen MR) is 80.5 cm³/mol. The summed E-state index contributed by atoms with van der Waals surface area (Å²) < 4.78 is 0. The molecule has 0 bridgehead atoms. The third-order valence-electron chi connectivity index (χ3n) is 4.38. The van der Waals surface area contributed by atoms with E-state index in [9.17, 15) is 5.11 Å². The highest BCUT2D eigenvalue weighted by Gasteiger charge is 2.14. The molecule has 1 atom stereocenters. The molecule has 2 nitrogen and oxygen atoms in total. The Balaban J connectivity index is 1.78. The van der Waals surface area contributed by atoms with E-state index >= 15 is 0 Å². The number of hydrogen-bond acceptors (Lipinski definition) is 2. The highest BCUT2D eigenvalue weighted by Crippen LogP contribution is 2.27. The summed E-state index contributed by atoms with van der Waals surface area (Å²) in [6.07, 6.45) is 8.35. The topological polar surface area (TPSA) is 32.3 Å². The number of phenolic OH excluding ortho intramolecular Hbond substituents is 1. The average molecular weight is 261 g/mol. The van der Waals surface area contributed by atoms with Gasteiger partial charge in [-0.3, -0.25) is 0 Å². The van der Waals surface area contributed by atoms with E-state index in [1.165, 1.54) is 38.5 Å². The molecule has 1 aliphatic rings. The van der Waals surface area contributed by atoms with E-state index in [1.54, 1.807) is 0 Å². The predicted octanol–water partition coefficient (Wildman–Crippen LogP) is 4.32. The fourth-order valence-corrected chi connectivity index (χ4v) is 3.11. The Kier molecular flexibility index (Phi) is 5.26. The molecule has 0 aromatic heterocycles. The number of rotatable bonds is 5. The summed E-state index contributed by atoms with van der Waals surface area (Å²) in [5.74, 6) is 1.33. The molecular weight excluding hydrogens is 234 g/mol. The van der Waals surface area contributed by atoms with Crippen molar-refractivity contribution in [1.29, 1.82) is 0 Å². The third-order valence-corrected chi connectivity index (χ3v) is 4.38. The number of hydrogen-bond donors (Lipinski definition) is 2. The first-order valence-corrected chi connectivity index (χ1v) is 7.69. The van der Waals surface area contributed by atoms with E-state index in [1.807, 2.05) is 19.1 Å². The largest absolute Gasteiger partial charge is 0.508 e. The van der Waals surface area contributed by atoms with Crippen LogP contribution in [0.3, 0.4) is 0 Å². The van der Waals surface area contributed by atoms with Crippen molar-refractivity contribution in [2.75, 3.05) is 6.54 Å². The minimum absolute atomic E-state index is 0.226. The van der Waals surface area contributed by atoms with E-state index in [4.69, 9.17) is 0 Å². The summed E-state index contributed by atoms with van der Waals surface area (Å²) in [6, 6.07) is 6.16. The summed E-state index contributed by atoms with van der Waals surface area (Å²) in [6.45, 7) is 5.19. The fraction of sp³-hybridized carbons (Fsp3) is 0.647. The third kappa shape index (κ3) is 4.24. The Bertz CT molecular complexity index is 396. The van der Waals surface area contributed by atoms with Gasteiger partial charge in [-0.2, -0.15) is 0 Å². The van der Waals surface area contributed by atoms with Crippen LogP contribution >= 0.6 is 0 Å². The Morgan fingerprint density at radius 3 is 2.68 bits per heavy atom. The van der Waals surface area contributed by atoms with E-state index in [-0.39, 0.29) is 6.04 Å². The lowest BCUT2D eigenvalue weighted by atomic mass is 9.87. The van der Waals surface area contributed by atoms with E-state index in [2.05, 4.69) is 18.3 Å². The Hall–Kier alpha value is -1.02. The van der Waals surface area contributed by atoms with Crippen LogP contribution in [0.4, 0.5) is 0 Å². The summed E-state index contributed by atoms with van der Waals surface area (Å²) in [4.78, 5) is 0. The molecule has 1 saturated carbocycles. The van der Waals surface area contributed by atoms with Crippen molar-refractivity contribution in [1.82, 2.24) is 5.32 Å². The number of aromatic hydroxyl groups is 1. The minimum Gasteiger partial charge on any atom is -0.508 e. The lowest BCUT2D eigenvalue weighted by Crippen LogP contribution is -2.22. The Morgan fingerprint density at radius 2 is 2.00 bits per heavy atom.